The molecule has 0 amide bonds. The molecule has 35 heavy (non-hydrogen) atoms. The molecule has 4 nitrogen and oxygen atoms in total. The quantitative estimate of drug-likeness (QED) is 0.187. The Balaban J connectivity index is 2.53. The number of esters is 1. The first-order chi connectivity index (χ1) is 15.9. The molecule has 0 aliphatic rings. The van der Waals surface area contributed by atoms with Gasteiger partial charge >= 0.3 is 5.97 Å². The average Bonchev–Trinajstić information content (AvgIpc) is 2.71. The first-order valence-corrected chi connectivity index (χ1v) is 18.6. The number of halogens is 1. The highest BCUT2D eigenvalue weighted by Gasteiger charge is 2.40. The van der Waals surface area contributed by atoms with Crippen LogP contribution in [0.3, 0.4) is 0 Å². The van der Waals surface area contributed by atoms with Gasteiger partial charge in [0.1, 0.15) is 11.5 Å². The second kappa shape index (κ2) is 10.6. The highest BCUT2D eigenvalue weighted by Crippen LogP contribution is 2.41. The van der Waals surface area contributed by atoms with Gasteiger partial charge in [0, 0.05) is 16.1 Å². The summed E-state index contributed by atoms with van der Waals surface area (Å²) in [5, 5.41) is 0.158. The van der Waals surface area contributed by atoms with E-state index in [1.165, 1.54) is 7.11 Å². The van der Waals surface area contributed by atoms with Crippen LogP contribution in [0.1, 0.15) is 63.0 Å². The monoisotopic (exact) mass is 576 g/mol. The van der Waals surface area contributed by atoms with Crippen molar-refractivity contribution in [2.24, 2.45) is 0 Å². The van der Waals surface area contributed by atoms with Crippen molar-refractivity contribution in [2.45, 2.75) is 77.8 Å². The van der Waals surface area contributed by atoms with Gasteiger partial charge in [-0.15, -0.1) is 0 Å². The van der Waals surface area contributed by atoms with Crippen molar-refractivity contribution in [3.8, 4) is 11.5 Å². The van der Waals surface area contributed by atoms with Crippen molar-refractivity contribution in [2.75, 3.05) is 7.11 Å². The SMILES string of the molecule is COC(=O)c1ccc(Br)c(/C=C/c2ccc(O[Si](C)(C)C(C)(C)C)cc2O[Si](C)(C)C(C)(C)C)c1. The Hall–Kier alpha value is -1.84. The molecule has 0 N–H and O–H groups in total. The van der Waals surface area contributed by atoms with Crippen molar-refractivity contribution in [3.05, 3.63) is 57.6 Å². The predicted octanol–water partition coefficient (Wildman–Crippen LogP) is 9.17. The summed E-state index contributed by atoms with van der Waals surface area (Å²) >= 11 is 3.59. The van der Waals surface area contributed by atoms with Crippen LogP contribution in [0.15, 0.2) is 40.9 Å². The molecule has 0 saturated heterocycles. The molecule has 0 atom stereocenters. The number of rotatable bonds is 7. The molecule has 0 aromatic heterocycles. The van der Waals surface area contributed by atoms with Crippen LogP contribution in [0.5, 0.6) is 11.5 Å². The summed E-state index contributed by atoms with van der Waals surface area (Å²) in [4.78, 5) is 12.0. The summed E-state index contributed by atoms with van der Waals surface area (Å²) in [6.07, 6.45) is 4.01. The number of ether oxygens (including phenoxy) is 1. The molecule has 2 aromatic carbocycles. The molecular formula is C28H41BrO4Si2. The number of carbonyl (C=O) groups excluding carboxylic acids is 1. The molecule has 0 aliphatic carbocycles. The van der Waals surface area contributed by atoms with Crippen molar-refractivity contribution < 1.29 is 18.4 Å². The minimum Gasteiger partial charge on any atom is -0.543 e. The average molecular weight is 578 g/mol. The molecule has 0 unspecified atom stereocenters. The second-order valence-corrected chi connectivity index (χ2v) is 22.3. The summed E-state index contributed by atoms with van der Waals surface area (Å²) in [7, 11) is -2.70. The fourth-order valence-corrected chi connectivity index (χ4v) is 5.21. The van der Waals surface area contributed by atoms with Gasteiger partial charge < -0.3 is 13.6 Å². The van der Waals surface area contributed by atoms with E-state index in [2.05, 4.69) is 89.7 Å². The molecule has 192 valence electrons. The largest absolute Gasteiger partial charge is 0.543 e. The second-order valence-electron chi connectivity index (χ2n) is 12.0. The number of benzene rings is 2. The van der Waals surface area contributed by atoms with Crippen LogP contribution < -0.4 is 8.85 Å². The van der Waals surface area contributed by atoms with E-state index in [-0.39, 0.29) is 16.0 Å². The standard InChI is InChI=1S/C28H41BrO4Si2/c1-27(2,3)34(8,9)32-23-16-14-20(25(19-23)33-35(10,11)28(4,5)6)12-13-21-18-22(26(30)31-7)15-17-24(21)29/h12-19H,1-11H3/b13-12+. The number of hydrogen-bond acceptors (Lipinski definition) is 4. The number of methoxy groups -OCH3 is 1. The fourth-order valence-electron chi connectivity index (χ4n) is 2.78. The topological polar surface area (TPSA) is 44.8 Å². The Bertz CT molecular complexity index is 1090. The molecular weight excluding hydrogens is 536 g/mol. The van der Waals surface area contributed by atoms with Crippen LogP contribution in [-0.2, 0) is 4.74 Å². The third-order valence-corrected chi connectivity index (χ3v) is 16.6. The Kier molecular flexibility index (Phi) is 8.94. The van der Waals surface area contributed by atoms with E-state index in [1.54, 1.807) is 6.07 Å². The Labute approximate surface area is 222 Å². The van der Waals surface area contributed by atoms with Gasteiger partial charge in [-0.25, -0.2) is 4.79 Å². The molecule has 0 fully saturated rings. The third-order valence-electron chi connectivity index (χ3n) is 7.20. The molecule has 0 radical (unpaired) electrons. The molecule has 7 heteroatoms. The van der Waals surface area contributed by atoms with Crippen LogP contribution in [0.25, 0.3) is 12.2 Å². The maximum absolute atomic E-state index is 12.0. The van der Waals surface area contributed by atoms with Crippen LogP contribution >= 0.6 is 15.9 Å². The van der Waals surface area contributed by atoms with Crippen LogP contribution in [0, 0.1) is 0 Å². The zero-order valence-corrected chi connectivity index (χ0v) is 26.7. The number of carbonyl (C=O) groups is 1. The fraction of sp³-hybridized carbons (Fsp3) is 0.464. The van der Waals surface area contributed by atoms with E-state index >= 15 is 0 Å². The maximum atomic E-state index is 12.0. The van der Waals surface area contributed by atoms with Gasteiger partial charge in [-0.1, -0.05) is 69.6 Å². The lowest BCUT2D eigenvalue weighted by atomic mass is 10.1. The highest BCUT2D eigenvalue weighted by atomic mass is 79.9. The van der Waals surface area contributed by atoms with Gasteiger partial charge in [0.15, 0.2) is 0 Å². The smallest absolute Gasteiger partial charge is 0.337 e. The summed E-state index contributed by atoms with van der Waals surface area (Å²) in [6.45, 7) is 22.4. The van der Waals surface area contributed by atoms with Crippen molar-refractivity contribution >= 4 is 50.7 Å². The Morgan fingerprint density at radius 3 is 1.89 bits per heavy atom. The zero-order chi connectivity index (χ0) is 26.8. The van der Waals surface area contributed by atoms with Gasteiger partial charge in [0.2, 0.25) is 8.32 Å². The van der Waals surface area contributed by atoms with Crippen LogP contribution in [0.4, 0.5) is 0 Å². The lowest BCUT2D eigenvalue weighted by Crippen LogP contribution is -2.44. The van der Waals surface area contributed by atoms with E-state index in [4.69, 9.17) is 13.6 Å². The van der Waals surface area contributed by atoms with Crippen molar-refractivity contribution in [1.29, 1.82) is 0 Å². The minimum atomic E-state index is -2.09. The number of hydrogen-bond donors (Lipinski definition) is 0. The zero-order valence-electron chi connectivity index (χ0n) is 23.1. The normalized spacial score (nSPS) is 13.1. The van der Waals surface area contributed by atoms with Gasteiger partial charge in [-0.3, -0.25) is 0 Å². The molecule has 0 heterocycles. The van der Waals surface area contributed by atoms with Crippen molar-refractivity contribution in [3.63, 3.8) is 0 Å². The van der Waals surface area contributed by atoms with E-state index in [0.717, 1.165) is 27.1 Å². The minimum absolute atomic E-state index is 0.0577. The van der Waals surface area contributed by atoms with Crippen molar-refractivity contribution in [1.82, 2.24) is 0 Å². The summed E-state index contributed by atoms with van der Waals surface area (Å²) < 4.78 is 19.1. The van der Waals surface area contributed by atoms with E-state index in [0.29, 0.717) is 5.56 Å². The lowest BCUT2D eigenvalue weighted by molar-refractivity contribution is 0.0600. The molecule has 0 spiro atoms. The summed E-state index contributed by atoms with van der Waals surface area (Å²) in [5.74, 6) is 1.31. The van der Waals surface area contributed by atoms with E-state index < -0.39 is 16.6 Å². The molecule has 0 aliphatic heterocycles. The molecule has 2 rings (SSSR count). The third kappa shape index (κ3) is 7.34. The van der Waals surface area contributed by atoms with Gasteiger partial charge in [-0.2, -0.15) is 0 Å². The molecule has 0 bridgehead atoms. The maximum Gasteiger partial charge on any atom is 0.337 e. The summed E-state index contributed by atoms with van der Waals surface area (Å²) in [5.41, 5.74) is 2.35. The van der Waals surface area contributed by atoms with Crippen LogP contribution in [0.2, 0.25) is 36.3 Å². The van der Waals surface area contributed by atoms with Crippen LogP contribution in [-0.4, -0.2) is 29.7 Å². The van der Waals surface area contributed by atoms with E-state index in [1.807, 2.05) is 36.4 Å². The van der Waals surface area contributed by atoms with Gasteiger partial charge in [-0.05, 0) is 72.2 Å². The van der Waals surface area contributed by atoms with Gasteiger partial charge in [0.25, 0.3) is 8.32 Å². The van der Waals surface area contributed by atoms with E-state index in [9.17, 15) is 4.79 Å². The highest BCUT2D eigenvalue weighted by molar-refractivity contribution is 9.10. The molecule has 0 saturated carbocycles. The lowest BCUT2D eigenvalue weighted by Gasteiger charge is -2.38. The Morgan fingerprint density at radius 2 is 1.34 bits per heavy atom. The predicted molar refractivity (Wildman–Crippen MR) is 157 cm³/mol. The van der Waals surface area contributed by atoms with Gasteiger partial charge in [0.05, 0.1) is 12.7 Å². The Morgan fingerprint density at radius 1 is 0.800 bits per heavy atom. The first kappa shape index (κ1) is 29.4. The first-order valence-electron chi connectivity index (χ1n) is 12.0. The molecule has 2 aromatic rings. The summed E-state index contributed by atoms with van der Waals surface area (Å²) in [6, 6.07) is 11.5.